The number of rotatable bonds is 4. The van der Waals surface area contributed by atoms with Crippen molar-refractivity contribution in [3.05, 3.63) is 48.5 Å². The summed E-state index contributed by atoms with van der Waals surface area (Å²) >= 11 is 0. The number of carbonyl (C=O) groups excluding carboxylic acids is 2. The predicted molar refractivity (Wildman–Crippen MR) is 105 cm³/mol. The smallest absolute Gasteiger partial charge is 0.253 e. The number of ether oxygens (including phenoxy) is 1. The molecule has 1 aromatic carbocycles. The number of piperidine rings is 1. The van der Waals surface area contributed by atoms with Gasteiger partial charge in [-0.15, -0.1) is 0 Å². The Balaban J connectivity index is 1.39. The molecular formula is C21H26N4O3. The van der Waals surface area contributed by atoms with Gasteiger partial charge in [-0.25, -0.2) is 4.98 Å². The first-order valence-corrected chi connectivity index (χ1v) is 9.87. The van der Waals surface area contributed by atoms with E-state index in [-0.39, 0.29) is 24.0 Å². The van der Waals surface area contributed by atoms with Crippen molar-refractivity contribution in [2.75, 3.05) is 31.1 Å². The SMILES string of the molecule is CCc1nccn1CC(=O)N1CCC2(CC1)CN(c1ccccc1)C(=O)CO2. The molecule has 148 valence electrons. The Bertz CT molecular complexity index is 840. The highest BCUT2D eigenvalue weighted by molar-refractivity contribution is 5.95. The lowest BCUT2D eigenvalue weighted by Gasteiger charge is -2.47. The number of likely N-dealkylation sites (tertiary alicyclic amines) is 1. The Morgan fingerprint density at radius 1 is 1.21 bits per heavy atom. The van der Waals surface area contributed by atoms with Crippen LogP contribution in [0.3, 0.4) is 0 Å². The number of carbonyl (C=O) groups is 2. The summed E-state index contributed by atoms with van der Waals surface area (Å²) in [5.74, 6) is 1.02. The molecule has 28 heavy (non-hydrogen) atoms. The highest BCUT2D eigenvalue weighted by Crippen LogP contribution is 2.32. The molecule has 3 heterocycles. The maximum Gasteiger partial charge on any atom is 0.253 e. The molecule has 2 amide bonds. The first-order valence-electron chi connectivity index (χ1n) is 9.87. The first-order chi connectivity index (χ1) is 13.6. The molecule has 2 aliphatic heterocycles. The number of morpholine rings is 1. The summed E-state index contributed by atoms with van der Waals surface area (Å²) in [6.07, 6.45) is 5.87. The molecule has 2 saturated heterocycles. The number of aromatic nitrogens is 2. The standard InChI is InChI=1S/C21H26N4O3/c1-2-18-22-10-13-24(18)14-19(26)23-11-8-21(9-12-23)16-25(20(27)15-28-21)17-6-4-3-5-7-17/h3-7,10,13H,2,8-9,11-12,14-16H2,1H3. The van der Waals surface area contributed by atoms with Crippen molar-refractivity contribution in [2.24, 2.45) is 0 Å². The molecule has 0 radical (unpaired) electrons. The Morgan fingerprint density at radius 3 is 2.68 bits per heavy atom. The van der Waals surface area contributed by atoms with Gasteiger partial charge in [-0.1, -0.05) is 25.1 Å². The molecule has 2 fully saturated rings. The second kappa shape index (κ2) is 7.75. The summed E-state index contributed by atoms with van der Waals surface area (Å²) in [5, 5.41) is 0. The summed E-state index contributed by atoms with van der Waals surface area (Å²) in [7, 11) is 0. The van der Waals surface area contributed by atoms with Crippen LogP contribution in [-0.2, 0) is 27.3 Å². The van der Waals surface area contributed by atoms with Crippen LogP contribution >= 0.6 is 0 Å². The normalized spacial score (nSPS) is 19.2. The highest BCUT2D eigenvalue weighted by atomic mass is 16.5. The number of para-hydroxylation sites is 1. The van der Waals surface area contributed by atoms with E-state index in [0.717, 1.165) is 30.8 Å². The van der Waals surface area contributed by atoms with Crippen molar-refractivity contribution >= 4 is 17.5 Å². The zero-order valence-corrected chi connectivity index (χ0v) is 16.2. The van der Waals surface area contributed by atoms with Crippen LogP contribution in [0.5, 0.6) is 0 Å². The second-order valence-electron chi connectivity index (χ2n) is 7.49. The van der Waals surface area contributed by atoms with Gasteiger partial charge in [-0.05, 0) is 25.0 Å². The second-order valence-corrected chi connectivity index (χ2v) is 7.49. The van der Waals surface area contributed by atoms with E-state index >= 15 is 0 Å². The fraction of sp³-hybridized carbons (Fsp3) is 0.476. The Hall–Kier alpha value is -2.67. The van der Waals surface area contributed by atoms with E-state index < -0.39 is 0 Å². The third-order valence-corrected chi connectivity index (χ3v) is 5.77. The van der Waals surface area contributed by atoms with Crippen molar-refractivity contribution in [1.82, 2.24) is 14.5 Å². The third-order valence-electron chi connectivity index (χ3n) is 5.77. The van der Waals surface area contributed by atoms with E-state index in [1.807, 2.05) is 57.8 Å². The van der Waals surface area contributed by atoms with Crippen LogP contribution in [0.1, 0.15) is 25.6 Å². The monoisotopic (exact) mass is 382 g/mol. The predicted octanol–water partition coefficient (Wildman–Crippen LogP) is 1.87. The lowest BCUT2D eigenvalue weighted by atomic mass is 9.89. The van der Waals surface area contributed by atoms with Crippen molar-refractivity contribution in [3.8, 4) is 0 Å². The van der Waals surface area contributed by atoms with Gasteiger partial charge in [0.15, 0.2) is 0 Å². The molecule has 0 unspecified atom stereocenters. The first kappa shape index (κ1) is 18.7. The van der Waals surface area contributed by atoms with Crippen molar-refractivity contribution in [1.29, 1.82) is 0 Å². The number of anilines is 1. The summed E-state index contributed by atoms with van der Waals surface area (Å²) in [5.41, 5.74) is 0.533. The number of benzene rings is 1. The van der Waals surface area contributed by atoms with Gasteiger partial charge < -0.3 is 19.1 Å². The van der Waals surface area contributed by atoms with Crippen molar-refractivity contribution in [3.63, 3.8) is 0 Å². The molecule has 2 aliphatic rings. The van der Waals surface area contributed by atoms with Crippen LogP contribution in [0.25, 0.3) is 0 Å². The molecule has 1 spiro atoms. The number of amides is 2. The van der Waals surface area contributed by atoms with E-state index in [0.29, 0.717) is 26.2 Å². The summed E-state index contributed by atoms with van der Waals surface area (Å²) in [6, 6.07) is 9.72. The van der Waals surface area contributed by atoms with Gasteiger partial charge in [0.1, 0.15) is 19.0 Å². The molecule has 7 heteroatoms. The average molecular weight is 382 g/mol. The minimum absolute atomic E-state index is 0.0115. The van der Waals surface area contributed by atoms with Crippen molar-refractivity contribution < 1.29 is 14.3 Å². The zero-order chi connectivity index (χ0) is 19.6. The van der Waals surface area contributed by atoms with Crippen LogP contribution < -0.4 is 4.90 Å². The van der Waals surface area contributed by atoms with E-state index in [1.54, 1.807) is 6.20 Å². The molecule has 0 aliphatic carbocycles. The fourth-order valence-corrected chi connectivity index (χ4v) is 4.07. The Kier molecular flexibility index (Phi) is 5.17. The quantitative estimate of drug-likeness (QED) is 0.810. The van der Waals surface area contributed by atoms with E-state index in [9.17, 15) is 9.59 Å². The lowest BCUT2D eigenvalue weighted by Crippen LogP contribution is -2.59. The van der Waals surface area contributed by atoms with Crippen LogP contribution in [0.4, 0.5) is 5.69 Å². The van der Waals surface area contributed by atoms with Gasteiger partial charge in [0, 0.05) is 37.6 Å². The van der Waals surface area contributed by atoms with Gasteiger partial charge in [0.2, 0.25) is 5.91 Å². The molecule has 0 N–H and O–H groups in total. The van der Waals surface area contributed by atoms with Crippen LogP contribution in [0.15, 0.2) is 42.7 Å². The number of hydrogen-bond acceptors (Lipinski definition) is 4. The molecule has 2 aromatic rings. The van der Waals surface area contributed by atoms with Gasteiger partial charge in [0.05, 0.1) is 12.1 Å². The van der Waals surface area contributed by atoms with E-state index in [4.69, 9.17) is 4.74 Å². The van der Waals surface area contributed by atoms with Gasteiger partial charge in [0.25, 0.3) is 5.91 Å². The molecule has 4 rings (SSSR count). The minimum atomic E-state index is -0.371. The maximum absolute atomic E-state index is 12.7. The van der Waals surface area contributed by atoms with Gasteiger partial charge in [-0.3, -0.25) is 9.59 Å². The fourth-order valence-electron chi connectivity index (χ4n) is 4.07. The maximum atomic E-state index is 12.7. The summed E-state index contributed by atoms with van der Waals surface area (Å²) in [6.45, 7) is 4.29. The molecular weight excluding hydrogens is 356 g/mol. The van der Waals surface area contributed by atoms with Crippen LogP contribution in [0.2, 0.25) is 0 Å². The molecule has 0 atom stereocenters. The highest BCUT2D eigenvalue weighted by Gasteiger charge is 2.43. The number of nitrogens with zero attached hydrogens (tertiary/aromatic N) is 4. The van der Waals surface area contributed by atoms with Gasteiger partial charge in [-0.2, -0.15) is 0 Å². The van der Waals surface area contributed by atoms with Gasteiger partial charge >= 0.3 is 0 Å². The molecule has 0 saturated carbocycles. The molecule has 1 aromatic heterocycles. The number of hydrogen-bond donors (Lipinski definition) is 0. The third kappa shape index (κ3) is 3.67. The molecule has 0 bridgehead atoms. The lowest BCUT2D eigenvalue weighted by molar-refractivity contribution is -0.150. The topological polar surface area (TPSA) is 67.7 Å². The summed E-state index contributed by atoms with van der Waals surface area (Å²) < 4.78 is 7.91. The zero-order valence-electron chi connectivity index (χ0n) is 16.2. The number of imidazole rings is 1. The average Bonchev–Trinajstić information content (AvgIpc) is 3.18. The van der Waals surface area contributed by atoms with E-state index in [1.165, 1.54) is 0 Å². The number of aryl methyl sites for hydroxylation is 1. The Labute approximate surface area is 164 Å². The van der Waals surface area contributed by atoms with Crippen LogP contribution in [-0.4, -0.2) is 58.1 Å². The molecule has 7 nitrogen and oxygen atoms in total. The van der Waals surface area contributed by atoms with Crippen LogP contribution in [0, 0.1) is 0 Å². The minimum Gasteiger partial charge on any atom is -0.363 e. The Morgan fingerprint density at radius 2 is 1.96 bits per heavy atom. The van der Waals surface area contributed by atoms with E-state index in [2.05, 4.69) is 4.98 Å². The summed E-state index contributed by atoms with van der Waals surface area (Å²) in [4.78, 5) is 33.1. The van der Waals surface area contributed by atoms with Crippen molar-refractivity contribution in [2.45, 2.75) is 38.3 Å². The largest absolute Gasteiger partial charge is 0.363 e.